The fourth-order valence-corrected chi connectivity index (χ4v) is 2.07. The van der Waals surface area contributed by atoms with E-state index in [9.17, 15) is 4.39 Å². The van der Waals surface area contributed by atoms with Gasteiger partial charge in [0, 0.05) is 18.2 Å². The number of benzene rings is 1. The number of nitrogen functional groups attached to an aromatic ring is 1. The molecule has 0 unspecified atom stereocenters. The largest absolute Gasteiger partial charge is 0.384 e. The minimum Gasteiger partial charge on any atom is -0.384 e. The molecule has 106 valence electrons. The van der Waals surface area contributed by atoms with Gasteiger partial charge in [-0.3, -0.25) is 0 Å². The zero-order chi connectivity index (χ0) is 14.8. The predicted molar refractivity (Wildman–Crippen MR) is 76.2 cm³/mol. The van der Waals surface area contributed by atoms with Gasteiger partial charge in [0.15, 0.2) is 5.82 Å². The second-order valence-corrected chi connectivity index (χ2v) is 4.78. The molecular weight excluding hydrogens is 295 g/mol. The second kappa shape index (κ2) is 5.49. The molecular formula is C14H10ClFN4O. The third-order valence-corrected chi connectivity index (χ3v) is 3.17. The number of anilines is 1. The quantitative estimate of drug-likeness (QED) is 0.804. The summed E-state index contributed by atoms with van der Waals surface area (Å²) in [5.41, 5.74) is 6.66. The molecule has 2 N–H and O–H groups in total. The summed E-state index contributed by atoms with van der Waals surface area (Å²) in [6.45, 7) is 0. The third-order valence-electron chi connectivity index (χ3n) is 2.88. The van der Waals surface area contributed by atoms with E-state index in [1.165, 1.54) is 6.07 Å². The maximum atomic E-state index is 13.8. The Hall–Kier alpha value is -2.47. The monoisotopic (exact) mass is 304 g/mol. The minimum atomic E-state index is -0.473. The first-order valence-corrected chi connectivity index (χ1v) is 6.48. The van der Waals surface area contributed by atoms with Gasteiger partial charge in [0.05, 0.1) is 5.02 Å². The van der Waals surface area contributed by atoms with Crippen molar-refractivity contribution < 1.29 is 8.91 Å². The average molecular weight is 305 g/mol. The van der Waals surface area contributed by atoms with Crippen LogP contribution in [-0.2, 0) is 6.42 Å². The van der Waals surface area contributed by atoms with Crippen molar-refractivity contribution >= 4 is 17.4 Å². The van der Waals surface area contributed by atoms with Crippen LogP contribution in [0, 0.1) is 5.82 Å². The molecule has 7 heteroatoms. The summed E-state index contributed by atoms with van der Waals surface area (Å²) in [6, 6.07) is 8.11. The Kier molecular flexibility index (Phi) is 3.53. The molecule has 0 aliphatic heterocycles. The van der Waals surface area contributed by atoms with Gasteiger partial charge in [0.1, 0.15) is 11.6 Å². The number of hydrogen-bond donors (Lipinski definition) is 1. The van der Waals surface area contributed by atoms with Gasteiger partial charge in [-0.2, -0.15) is 4.98 Å². The van der Waals surface area contributed by atoms with Crippen LogP contribution in [0.15, 0.2) is 41.1 Å². The number of aromatic nitrogens is 3. The lowest BCUT2D eigenvalue weighted by Crippen LogP contribution is -1.95. The molecule has 0 bridgehead atoms. The van der Waals surface area contributed by atoms with Gasteiger partial charge in [-0.15, -0.1) is 0 Å². The van der Waals surface area contributed by atoms with E-state index in [4.69, 9.17) is 21.9 Å². The van der Waals surface area contributed by atoms with Crippen LogP contribution in [-0.4, -0.2) is 15.1 Å². The van der Waals surface area contributed by atoms with Crippen molar-refractivity contribution in [2.75, 3.05) is 5.73 Å². The van der Waals surface area contributed by atoms with Crippen molar-refractivity contribution in [2.24, 2.45) is 0 Å². The molecule has 0 fully saturated rings. The van der Waals surface area contributed by atoms with E-state index in [0.717, 1.165) is 0 Å². The maximum Gasteiger partial charge on any atom is 0.258 e. The van der Waals surface area contributed by atoms with Crippen molar-refractivity contribution in [1.29, 1.82) is 0 Å². The highest BCUT2D eigenvalue weighted by Gasteiger charge is 2.13. The Morgan fingerprint density at radius 1 is 1.29 bits per heavy atom. The van der Waals surface area contributed by atoms with E-state index in [2.05, 4.69) is 15.1 Å². The summed E-state index contributed by atoms with van der Waals surface area (Å²) in [5.74, 6) is 0.551. The van der Waals surface area contributed by atoms with Crippen LogP contribution < -0.4 is 5.73 Å². The first-order chi connectivity index (χ1) is 10.1. The molecule has 5 nitrogen and oxygen atoms in total. The molecule has 1 aromatic carbocycles. The molecule has 0 saturated heterocycles. The van der Waals surface area contributed by atoms with Gasteiger partial charge in [0.2, 0.25) is 0 Å². The molecule has 0 spiro atoms. The lowest BCUT2D eigenvalue weighted by atomic mass is 10.1. The molecule has 2 aromatic heterocycles. The number of nitrogens with zero attached hydrogens (tertiary/aromatic N) is 3. The Bertz CT molecular complexity index is 790. The average Bonchev–Trinajstić information content (AvgIpc) is 2.93. The minimum absolute atomic E-state index is 0.0677. The lowest BCUT2D eigenvalue weighted by Gasteiger charge is -2.00. The van der Waals surface area contributed by atoms with E-state index in [1.807, 2.05) is 0 Å². The molecule has 0 saturated carbocycles. The Morgan fingerprint density at radius 3 is 2.95 bits per heavy atom. The van der Waals surface area contributed by atoms with Crippen molar-refractivity contribution in [3.8, 4) is 11.5 Å². The maximum absolute atomic E-state index is 13.8. The smallest absolute Gasteiger partial charge is 0.258 e. The molecule has 0 aliphatic carbocycles. The Balaban J connectivity index is 1.87. The first-order valence-electron chi connectivity index (χ1n) is 6.11. The van der Waals surface area contributed by atoms with Crippen LogP contribution in [0.3, 0.4) is 0 Å². The van der Waals surface area contributed by atoms with Gasteiger partial charge in [-0.25, -0.2) is 9.37 Å². The van der Waals surface area contributed by atoms with E-state index in [0.29, 0.717) is 28.7 Å². The summed E-state index contributed by atoms with van der Waals surface area (Å²) < 4.78 is 19.0. The topological polar surface area (TPSA) is 77.8 Å². The summed E-state index contributed by atoms with van der Waals surface area (Å²) >= 11 is 5.74. The predicted octanol–water partition coefficient (Wildman–Crippen LogP) is 3.10. The van der Waals surface area contributed by atoms with E-state index in [1.54, 1.807) is 30.5 Å². The molecule has 3 aromatic rings. The summed E-state index contributed by atoms with van der Waals surface area (Å²) in [6.07, 6.45) is 1.74. The van der Waals surface area contributed by atoms with Crippen molar-refractivity contribution in [3.63, 3.8) is 0 Å². The number of nitrogens with two attached hydrogens (primary N) is 1. The molecule has 0 radical (unpaired) electrons. The van der Waals surface area contributed by atoms with Crippen LogP contribution in [0.1, 0.15) is 11.4 Å². The standard InChI is InChI=1S/C14H10ClFN4O/c15-10-3-1-2-8(13(10)16)7-12-19-14(21-20-12)9-4-5-18-11(17)6-9/h1-6H,7H2,(H2,17,18). The van der Waals surface area contributed by atoms with Crippen LogP contribution >= 0.6 is 11.6 Å². The normalized spacial score (nSPS) is 10.8. The number of pyridine rings is 1. The van der Waals surface area contributed by atoms with E-state index in [-0.39, 0.29) is 11.4 Å². The summed E-state index contributed by atoms with van der Waals surface area (Å²) in [4.78, 5) is 8.10. The highest BCUT2D eigenvalue weighted by molar-refractivity contribution is 6.30. The van der Waals surface area contributed by atoms with Crippen molar-refractivity contribution in [1.82, 2.24) is 15.1 Å². The number of rotatable bonds is 3. The number of hydrogen-bond acceptors (Lipinski definition) is 5. The van der Waals surface area contributed by atoms with E-state index >= 15 is 0 Å². The fourth-order valence-electron chi connectivity index (χ4n) is 1.88. The van der Waals surface area contributed by atoms with Crippen LogP contribution in [0.25, 0.3) is 11.5 Å². The molecule has 21 heavy (non-hydrogen) atoms. The Morgan fingerprint density at radius 2 is 2.14 bits per heavy atom. The molecule has 0 atom stereocenters. The van der Waals surface area contributed by atoms with Gasteiger partial charge >= 0.3 is 0 Å². The molecule has 2 heterocycles. The second-order valence-electron chi connectivity index (χ2n) is 4.37. The van der Waals surface area contributed by atoms with E-state index < -0.39 is 5.82 Å². The molecule has 3 rings (SSSR count). The lowest BCUT2D eigenvalue weighted by molar-refractivity contribution is 0.423. The van der Waals surface area contributed by atoms with Crippen LogP contribution in [0.2, 0.25) is 5.02 Å². The summed E-state index contributed by atoms with van der Waals surface area (Å²) in [7, 11) is 0. The first kappa shape index (κ1) is 13.5. The van der Waals surface area contributed by atoms with Crippen LogP contribution in [0.4, 0.5) is 10.2 Å². The highest BCUT2D eigenvalue weighted by Crippen LogP contribution is 2.22. The fraction of sp³-hybridized carbons (Fsp3) is 0.0714. The highest BCUT2D eigenvalue weighted by atomic mass is 35.5. The van der Waals surface area contributed by atoms with Crippen molar-refractivity contribution in [3.05, 3.63) is 58.8 Å². The molecule has 0 amide bonds. The van der Waals surface area contributed by atoms with Gasteiger partial charge in [0.25, 0.3) is 5.89 Å². The van der Waals surface area contributed by atoms with Crippen molar-refractivity contribution in [2.45, 2.75) is 6.42 Å². The van der Waals surface area contributed by atoms with Crippen LogP contribution in [0.5, 0.6) is 0 Å². The summed E-state index contributed by atoms with van der Waals surface area (Å²) in [5, 5.41) is 3.90. The molecule has 0 aliphatic rings. The SMILES string of the molecule is Nc1cc(-c2nc(Cc3cccc(Cl)c3F)no2)ccn1. The Labute approximate surface area is 124 Å². The van der Waals surface area contributed by atoms with Gasteiger partial charge < -0.3 is 10.3 Å². The van der Waals surface area contributed by atoms with Gasteiger partial charge in [-0.05, 0) is 23.8 Å². The zero-order valence-electron chi connectivity index (χ0n) is 10.8. The third kappa shape index (κ3) is 2.85. The zero-order valence-corrected chi connectivity index (χ0v) is 11.5. The number of halogens is 2. The van der Waals surface area contributed by atoms with Gasteiger partial charge in [-0.1, -0.05) is 28.9 Å².